The van der Waals surface area contributed by atoms with Crippen LogP contribution in [0.3, 0.4) is 0 Å². The number of ether oxygens (including phenoxy) is 1. The highest BCUT2D eigenvalue weighted by atomic mass is 32.2. The van der Waals surface area contributed by atoms with Crippen LogP contribution in [0.1, 0.15) is 87.8 Å². The Morgan fingerprint density at radius 2 is 1.25 bits per heavy atom. The smallest absolute Gasteiger partial charge is 0.492 e. The number of benzene rings is 3. The van der Waals surface area contributed by atoms with Crippen molar-refractivity contribution >= 4 is 29.8 Å². The highest BCUT2D eigenvalue weighted by molar-refractivity contribution is 7.84. The Kier molecular flexibility index (Phi) is 18.0. The van der Waals surface area contributed by atoms with Crippen LogP contribution in [0.4, 0.5) is 22.0 Å². The molecule has 3 aromatic rings. The predicted molar refractivity (Wildman–Crippen MR) is 197 cm³/mol. The summed E-state index contributed by atoms with van der Waals surface area (Å²) in [7, 11) is -6.04. The van der Waals surface area contributed by atoms with Crippen LogP contribution in [0.2, 0.25) is 0 Å². The van der Waals surface area contributed by atoms with E-state index in [4.69, 9.17) is 9.26 Å². The van der Waals surface area contributed by atoms with Crippen molar-refractivity contribution < 1.29 is 49.8 Å². The maximum Gasteiger partial charge on any atom is 0.524 e. The molecule has 0 aliphatic heterocycles. The zero-order chi connectivity index (χ0) is 38.0. The Labute approximate surface area is 305 Å². The lowest BCUT2D eigenvalue weighted by Crippen LogP contribution is -2.36. The Bertz CT molecular complexity index is 1580. The van der Waals surface area contributed by atoms with E-state index in [-0.39, 0.29) is 11.5 Å². The summed E-state index contributed by atoms with van der Waals surface area (Å²) in [5, 5.41) is 3.39. The maximum absolute atomic E-state index is 12.9. The molecule has 3 N–H and O–H groups in total. The molecular weight excluding hydrogens is 724 g/mol. The van der Waals surface area contributed by atoms with Crippen molar-refractivity contribution in [2.24, 2.45) is 0 Å². The van der Waals surface area contributed by atoms with E-state index in [9.17, 15) is 40.5 Å². The second kappa shape index (κ2) is 21.6. The fourth-order valence-corrected chi connectivity index (χ4v) is 7.27. The number of alkyl halides is 5. The lowest BCUT2D eigenvalue weighted by atomic mass is 9.88. The summed E-state index contributed by atoms with van der Waals surface area (Å²) >= 11 is 0. The van der Waals surface area contributed by atoms with Crippen molar-refractivity contribution in [3.63, 3.8) is 0 Å². The average Bonchev–Trinajstić information content (AvgIpc) is 3.09. The van der Waals surface area contributed by atoms with Gasteiger partial charge >= 0.3 is 19.9 Å². The first-order valence-corrected chi connectivity index (χ1v) is 20.6. The molecule has 1 unspecified atom stereocenters. The highest BCUT2D eigenvalue weighted by Crippen LogP contribution is 2.40. The van der Waals surface area contributed by atoms with Crippen molar-refractivity contribution in [2.45, 2.75) is 83.2 Å². The Morgan fingerprint density at radius 3 is 1.81 bits per heavy atom. The van der Waals surface area contributed by atoms with Gasteiger partial charge in [-0.3, -0.25) is 14.0 Å². The zero-order valence-electron chi connectivity index (χ0n) is 29.4. The number of allylic oxidation sites excluding steroid dienone is 1. The third-order valence-electron chi connectivity index (χ3n) is 8.34. The van der Waals surface area contributed by atoms with E-state index in [1.807, 2.05) is 42.5 Å². The molecule has 0 spiro atoms. The first-order chi connectivity index (χ1) is 24.7. The molecule has 3 aromatic carbocycles. The van der Waals surface area contributed by atoms with E-state index in [1.165, 1.54) is 0 Å². The van der Waals surface area contributed by atoms with Crippen LogP contribution < -0.4 is 14.6 Å². The summed E-state index contributed by atoms with van der Waals surface area (Å²) in [6.07, 6.45) is 0.126. The molecule has 288 valence electrons. The second-order valence-electron chi connectivity index (χ2n) is 12.4. The highest BCUT2D eigenvalue weighted by Gasteiger charge is 2.56. The number of hydrogen-bond acceptors (Lipinski definition) is 5. The fraction of sp³-hybridized carbons (Fsp3) is 0.474. The first-order valence-electron chi connectivity index (χ1n) is 17.6. The third-order valence-corrected chi connectivity index (χ3v) is 10.3. The number of phosphoric ester groups is 1. The molecule has 0 aliphatic carbocycles. The number of rotatable bonds is 24. The van der Waals surface area contributed by atoms with Crippen LogP contribution in [-0.2, 0) is 15.4 Å². The van der Waals surface area contributed by atoms with Crippen LogP contribution in [0.5, 0.6) is 11.5 Å². The molecule has 7 nitrogen and oxygen atoms in total. The van der Waals surface area contributed by atoms with Crippen LogP contribution >= 0.6 is 7.82 Å². The van der Waals surface area contributed by atoms with Crippen LogP contribution in [0.15, 0.2) is 78.9 Å². The van der Waals surface area contributed by atoms with Gasteiger partial charge in [0.1, 0.15) is 18.1 Å². The molecule has 0 saturated carbocycles. The van der Waals surface area contributed by atoms with Crippen LogP contribution in [0, 0.1) is 0 Å². The Hall–Kier alpha value is -3.09. The molecule has 0 aliphatic rings. The van der Waals surface area contributed by atoms with E-state index in [0.717, 1.165) is 85.1 Å². The van der Waals surface area contributed by atoms with Gasteiger partial charge < -0.3 is 14.6 Å². The van der Waals surface area contributed by atoms with E-state index in [1.54, 1.807) is 24.3 Å². The number of unbranched alkanes of at least 4 members (excludes halogenated alkanes) is 6. The SMILES string of the molecule is CC/C(=C(/c1ccc(OCCNCCCCCCCCCS(=O)CCCC(F)(F)C(F)(F)F)cc1)c1ccc(OP(=O)(O)O)cc1)c1ccccc1. The van der Waals surface area contributed by atoms with Crippen molar-refractivity contribution in [2.75, 3.05) is 31.2 Å². The number of phosphoric acid groups is 1. The summed E-state index contributed by atoms with van der Waals surface area (Å²) < 4.78 is 96.3. The minimum atomic E-state index is -5.56. The molecule has 0 saturated heterocycles. The molecule has 0 fully saturated rings. The van der Waals surface area contributed by atoms with E-state index < -0.39 is 43.6 Å². The van der Waals surface area contributed by atoms with Gasteiger partial charge in [-0.25, -0.2) is 4.57 Å². The zero-order valence-corrected chi connectivity index (χ0v) is 31.1. The molecule has 0 aromatic heterocycles. The van der Waals surface area contributed by atoms with Crippen molar-refractivity contribution in [1.82, 2.24) is 5.32 Å². The molecule has 0 radical (unpaired) electrons. The van der Waals surface area contributed by atoms with Gasteiger partial charge in [0.15, 0.2) is 0 Å². The molecule has 0 heterocycles. The average molecular weight is 774 g/mol. The van der Waals surface area contributed by atoms with Crippen molar-refractivity contribution in [3.05, 3.63) is 95.6 Å². The van der Waals surface area contributed by atoms with Gasteiger partial charge in [0.05, 0.1) is 0 Å². The van der Waals surface area contributed by atoms with E-state index in [2.05, 4.69) is 24.4 Å². The topological polar surface area (TPSA) is 105 Å². The van der Waals surface area contributed by atoms with Crippen molar-refractivity contribution in [3.8, 4) is 11.5 Å². The van der Waals surface area contributed by atoms with Gasteiger partial charge in [0, 0.05) is 35.3 Å². The standard InChI is InChI=1S/C38H49F5NO6PS/c1-2-35(30-14-9-8-10-15-30)36(32-18-22-34(23-19-32)50-51(45,46)47)31-16-20-33(21-17-31)49-27-26-44-25-11-6-4-3-5-7-12-28-52(48)29-13-24-37(39,40)38(41,42)43/h8-10,14-23,44H,2-7,11-13,24-29H2,1H3,(H2,45,46,47)/b36-35+. The van der Waals surface area contributed by atoms with Crippen LogP contribution in [0.25, 0.3) is 11.1 Å². The Morgan fingerprint density at radius 1 is 0.712 bits per heavy atom. The number of hydrogen-bond donors (Lipinski definition) is 3. The van der Waals surface area contributed by atoms with Crippen LogP contribution in [-0.4, -0.2) is 57.3 Å². The predicted octanol–water partition coefficient (Wildman–Crippen LogP) is 9.95. The molecule has 3 rings (SSSR count). The summed E-state index contributed by atoms with van der Waals surface area (Å²) in [6, 6.07) is 24.6. The molecular formula is C38H49F5NO6PS. The van der Waals surface area contributed by atoms with Gasteiger partial charge in [-0.05, 0) is 84.3 Å². The van der Waals surface area contributed by atoms with Gasteiger partial charge in [0.2, 0.25) is 0 Å². The van der Waals surface area contributed by atoms with Crippen molar-refractivity contribution in [1.29, 1.82) is 0 Å². The summed E-state index contributed by atoms with van der Waals surface area (Å²) in [5.41, 5.74) is 5.04. The summed E-state index contributed by atoms with van der Waals surface area (Å²) in [6.45, 7) is 4.14. The van der Waals surface area contributed by atoms with E-state index >= 15 is 0 Å². The fourth-order valence-electron chi connectivity index (χ4n) is 5.68. The number of halogens is 5. The lowest BCUT2D eigenvalue weighted by molar-refractivity contribution is -0.284. The number of nitrogens with one attached hydrogen (secondary N) is 1. The Balaban J connectivity index is 1.35. The minimum Gasteiger partial charge on any atom is -0.492 e. The van der Waals surface area contributed by atoms with Gasteiger partial charge in [-0.2, -0.15) is 22.0 Å². The monoisotopic (exact) mass is 773 g/mol. The largest absolute Gasteiger partial charge is 0.524 e. The molecule has 14 heteroatoms. The normalized spacial score (nSPS) is 13.5. The summed E-state index contributed by atoms with van der Waals surface area (Å²) in [4.78, 5) is 18.4. The lowest BCUT2D eigenvalue weighted by Gasteiger charge is -2.19. The molecule has 52 heavy (non-hydrogen) atoms. The quantitative estimate of drug-likeness (QED) is 0.0360. The third kappa shape index (κ3) is 15.5. The van der Waals surface area contributed by atoms with E-state index in [0.29, 0.717) is 25.3 Å². The van der Waals surface area contributed by atoms with Gasteiger partial charge in [-0.15, -0.1) is 0 Å². The maximum atomic E-state index is 12.9. The summed E-state index contributed by atoms with van der Waals surface area (Å²) in [5.74, 6) is -3.71. The minimum absolute atomic E-state index is 0.0794. The molecule has 1 atom stereocenters. The molecule has 0 amide bonds. The second-order valence-corrected chi connectivity index (χ2v) is 15.3. The first kappa shape index (κ1) is 43.3. The van der Waals surface area contributed by atoms with Gasteiger partial charge in [-0.1, -0.05) is 93.6 Å². The molecule has 0 bridgehead atoms. The van der Waals surface area contributed by atoms with Gasteiger partial charge in [0.25, 0.3) is 0 Å².